The van der Waals surface area contributed by atoms with Gasteiger partial charge in [-0.3, -0.25) is 4.79 Å². The van der Waals surface area contributed by atoms with Gasteiger partial charge in [-0.15, -0.1) is 0 Å². The van der Waals surface area contributed by atoms with Gasteiger partial charge in [-0.1, -0.05) is 74.6 Å². The maximum absolute atomic E-state index is 12.2. The van der Waals surface area contributed by atoms with Crippen molar-refractivity contribution >= 4 is 16.7 Å². The molecule has 0 aliphatic carbocycles. The maximum Gasteiger partial charge on any atom is 0.313 e. The van der Waals surface area contributed by atoms with Crippen LogP contribution >= 0.6 is 0 Å². The molecular weight excluding hydrogens is 284 g/mol. The number of ether oxygens (including phenoxy) is 1. The molecule has 0 aliphatic heterocycles. The lowest BCUT2D eigenvalue weighted by Crippen LogP contribution is -2.14. The van der Waals surface area contributed by atoms with Crippen LogP contribution in [-0.4, -0.2) is 12.6 Å². The van der Waals surface area contributed by atoms with Crippen LogP contribution in [0.3, 0.4) is 0 Å². The van der Waals surface area contributed by atoms with E-state index in [4.69, 9.17) is 4.74 Å². The number of unbranched alkanes of at least 4 members (excludes halogenated alkanes) is 4. The first-order valence-electron chi connectivity index (χ1n) is 8.78. The number of carbonyl (C=O) groups excluding carboxylic acids is 1. The van der Waals surface area contributed by atoms with Gasteiger partial charge in [0.15, 0.2) is 0 Å². The fourth-order valence-electron chi connectivity index (χ4n) is 2.79. The van der Waals surface area contributed by atoms with Gasteiger partial charge in [0.1, 0.15) is 0 Å². The summed E-state index contributed by atoms with van der Waals surface area (Å²) in [5, 5.41) is 2.39. The molecule has 2 aromatic carbocycles. The average molecular weight is 312 g/mol. The highest BCUT2D eigenvalue weighted by Gasteiger charge is 2.16. The molecule has 0 bridgehead atoms. The van der Waals surface area contributed by atoms with E-state index in [-0.39, 0.29) is 11.9 Å². The van der Waals surface area contributed by atoms with Gasteiger partial charge in [0.25, 0.3) is 0 Å². The zero-order valence-electron chi connectivity index (χ0n) is 14.6. The third-order valence-corrected chi connectivity index (χ3v) is 4.37. The molecule has 23 heavy (non-hydrogen) atoms. The van der Waals surface area contributed by atoms with Crippen molar-refractivity contribution in [1.29, 1.82) is 0 Å². The number of rotatable bonds is 8. The Morgan fingerprint density at radius 1 is 1.00 bits per heavy atom. The molecule has 1 atom stereocenters. The third-order valence-electron chi connectivity index (χ3n) is 4.37. The summed E-state index contributed by atoms with van der Waals surface area (Å²) in [4.78, 5) is 12.2. The highest BCUT2D eigenvalue weighted by atomic mass is 16.5. The van der Waals surface area contributed by atoms with Gasteiger partial charge >= 0.3 is 5.97 Å². The van der Waals surface area contributed by atoms with Crippen molar-refractivity contribution in [2.24, 2.45) is 0 Å². The predicted molar refractivity (Wildman–Crippen MR) is 96.8 cm³/mol. The molecule has 0 unspecified atom stereocenters. The van der Waals surface area contributed by atoms with Crippen molar-refractivity contribution in [3.8, 4) is 0 Å². The smallest absolute Gasteiger partial charge is 0.313 e. The minimum Gasteiger partial charge on any atom is -0.465 e. The van der Waals surface area contributed by atoms with Crippen LogP contribution in [0.5, 0.6) is 0 Å². The first-order chi connectivity index (χ1) is 11.1. The second kappa shape index (κ2) is 8.71. The molecule has 124 valence electrons. The molecule has 2 aromatic rings. The quantitative estimate of drug-likeness (QED) is 0.457. The second-order valence-corrected chi connectivity index (χ2v) is 6.41. The summed E-state index contributed by atoms with van der Waals surface area (Å²) < 4.78 is 5.43. The minimum atomic E-state index is -0.212. The van der Waals surface area contributed by atoms with Crippen LogP contribution in [-0.2, 0) is 9.53 Å². The van der Waals surface area contributed by atoms with Crippen molar-refractivity contribution in [2.45, 2.75) is 58.8 Å². The molecule has 0 radical (unpaired) electrons. The fraction of sp³-hybridized carbons (Fsp3) is 0.476. The Balaban J connectivity index is 1.90. The Kier molecular flexibility index (Phi) is 6.64. The summed E-state index contributed by atoms with van der Waals surface area (Å²) in [5.41, 5.74) is 2.28. The topological polar surface area (TPSA) is 26.3 Å². The predicted octanol–water partition coefficient (Wildman–Crippen LogP) is 5.77. The van der Waals surface area contributed by atoms with E-state index in [2.05, 4.69) is 44.2 Å². The molecule has 0 aliphatic rings. The van der Waals surface area contributed by atoms with E-state index in [0.29, 0.717) is 6.61 Å². The Labute approximate surface area is 139 Å². The van der Waals surface area contributed by atoms with E-state index < -0.39 is 0 Å². The van der Waals surface area contributed by atoms with Crippen LogP contribution in [0, 0.1) is 6.92 Å². The SMILES string of the molecule is CCCCCCCOC(=O)[C@@H](C)c1ccc2cc(C)ccc2c1. The number of fused-ring (bicyclic) bond motifs is 1. The molecule has 0 heterocycles. The average Bonchev–Trinajstić information content (AvgIpc) is 2.56. The molecule has 0 fully saturated rings. The van der Waals surface area contributed by atoms with Gasteiger partial charge in [-0.2, -0.15) is 0 Å². The van der Waals surface area contributed by atoms with Gasteiger partial charge in [0.05, 0.1) is 12.5 Å². The molecule has 2 nitrogen and oxygen atoms in total. The van der Waals surface area contributed by atoms with Crippen molar-refractivity contribution in [1.82, 2.24) is 0 Å². The van der Waals surface area contributed by atoms with Crippen molar-refractivity contribution in [3.63, 3.8) is 0 Å². The second-order valence-electron chi connectivity index (χ2n) is 6.41. The van der Waals surface area contributed by atoms with Crippen LogP contribution in [0.1, 0.15) is 63.0 Å². The molecule has 0 spiro atoms. The summed E-state index contributed by atoms with van der Waals surface area (Å²) in [5.74, 6) is -0.330. The largest absolute Gasteiger partial charge is 0.465 e. The Hall–Kier alpha value is -1.83. The summed E-state index contributed by atoms with van der Waals surface area (Å²) >= 11 is 0. The van der Waals surface area contributed by atoms with Crippen molar-refractivity contribution < 1.29 is 9.53 Å². The summed E-state index contributed by atoms with van der Waals surface area (Å²) in [6, 6.07) is 12.6. The van der Waals surface area contributed by atoms with Crippen LogP contribution in [0.15, 0.2) is 36.4 Å². The van der Waals surface area contributed by atoms with Crippen LogP contribution in [0.4, 0.5) is 0 Å². The highest BCUT2D eigenvalue weighted by Crippen LogP contribution is 2.23. The van der Waals surface area contributed by atoms with E-state index in [1.165, 1.54) is 35.6 Å². The van der Waals surface area contributed by atoms with E-state index in [1.807, 2.05) is 13.0 Å². The lowest BCUT2D eigenvalue weighted by atomic mass is 9.97. The molecule has 0 amide bonds. The van der Waals surface area contributed by atoms with E-state index in [0.717, 1.165) is 18.4 Å². The van der Waals surface area contributed by atoms with E-state index >= 15 is 0 Å². The van der Waals surface area contributed by atoms with Gasteiger partial charge in [0.2, 0.25) is 0 Å². The van der Waals surface area contributed by atoms with E-state index in [9.17, 15) is 4.79 Å². The lowest BCUT2D eigenvalue weighted by molar-refractivity contribution is -0.145. The van der Waals surface area contributed by atoms with E-state index in [1.54, 1.807) is 0 Å². The van der Waals surface area contributed by atoms with Crippen LogP contribution in [0.2, 0.25) is 0 Å². The summed E-state index contributed by atoms with van der Waals surface area (Å²) in [6.07, 6.45) is 5.84. The molecular formula is C21H28O2. The van der Waals surface area contributed by atoms with Gasteiger partial charge in [-0.05, 0) is 36.6 Å². The monoisotopic (exact) mass is 312 g/mol. The molecule has 0 aromatic heterocycles. The number of hydrogen-bond donors (Lipinski definition) is 0. The number of benzene rings is 2. The first kappa shape index (κ1) is 17.5. The number of carbonyl (C=O) groups is 1. The van der Waals surface area contributed by atoms with Crippen LogP contribution < -0.4 is 0 Å². The molecule has 0 saturated heterocycles. The number of esters is 1. The Morgan fingerprint density at radius 3 is 2.48 bits per heavy atom. The third kappa shape index (κ3) is 5.09. The maximum atomic E-state index is 12.2. The first-order valence-corrected chi connectivity index (χ1v) is 8.78. The molecule has 2 rings (SSSR count). The zero-order chi connectivity index (χ0) is 16.7. The zero-order valence-corrected chi connectivity index (χ0v) is 14.6. The summed E-state index contributed by atoms with van der Waals surface area (Å²) in [7, 11) is 0. The minimum absolute atomic E-state index is 0.119. The van der Waals surface area contributed by atoms with Gasteiger partial charge in [-0.25, -0.2) is 0 Å². The normalized spacial score (nSPS) is 12.3. The van der Waals surface area contributed by atoms with Crippen molar-refractivity contribution in [3.05, 3.63) is 47.5 Å². The van der Waals surface area contributed by atoms with Crippen molar-refractivity contribution in [2.75, 3.05) is 6.61 Å². The number of aryl methyl sites for hydroxylation is 1. The lowest BCUT2D eigenvalue weighted by Gasteiger charge is -2.13. The summed E-state index contributed by atoms with van der Waals surface area (Å²) in [6.45, 7) is 6.76. The Morgan fingerprint density at radius 2 is 1.70 bits per heavy atom. The standard InChI is InChI=1S/C21H28O2/c1-4-5-6-7-8-13-23-21(22)17(3)18-11-12-19-14-16(2)9-10-20(19)15-18/h9-12,14-15,17H,4-8,13H2,1-3H3/t17-/m0/s1. The van der Waals surface area contributed by atoms with Gasteiger partial charge < -0.3 is 4.74 Å². The van der Waals surface area contributed by atoms with Gasteiger partial charge in [0, 0.05) is 0 Å². The fourth-order valence-corrected chi connectivity index (χ4v) is 2.79. The molecule has 0 saturated carbocycles. The molecule has 2 heteroatoms. The van der Waals surface area contributed by atoms with Crippen LogP contribution in [0.25, 0.3) is 10.8 Å². The highest BCUT2D eigenvalue weighted by molar-refractivity contribution is 5.86. The molecule has 0 N–H and O–H groups in total. The Bertz CT molecular complexity index is 645. The number of hydrogen-bond acceptors (Lipinski definition) is 2.